The van der Waals surface area contributed by atoms with Crippen molar-refractivity contribution in [2.45, 2.75) is 9.79 Å². The standard InChI is InChI=1S/C8H9ClS2/c1-10-6-3-4-8(11-2)7(9)5-6/h3-5H,1-2H3. The molecule has 0 aromatic heterocycles. The van der Waals surface area contributed by atoms with Crippen molar-refractivity contribution < 1.29 is 0 Å². The molecule has 0 bridgehead atoms. The zero-order valence-electron chi connectivity index (χ0n) is 6.43. The predicted octanol–water partition coefficient (Wildman–Crippen LogP) is 3.78. The number of rotatable bonds is 2. The fourth-order valence-corrected chi connectivity index (χ4v) is 2.15. The van der Waals surface area contributed by atoms with Crippen molar-refractivity contribution >= 4 is 35.1 Å². The van der Waals surface area contributed by atoms with Gasteiger partial charge in [-0.05, 0) is 30.7 Å². The van der Waals surface area contributed by atoms with Gasteiger partial charge >= 0.3 is 0 Å². The fraction of sp³-hybridized carbons (Fsp3) is 0.250. The maximum atomic E-state index is 5.97. The van der Waals surface area contributed by atoms with E-state index in [1.54, 1.807) is 23.5 Å². The van der Waals surface area contributed by atoms with Crippen molar-refractivity contribution in [3.63, 3.8) is 0 Å². The Bertz CT molecular complexity index is 248. The van der Waals surface area contributed by atoms with E-state index in [2.05, 4.69) is 12.1 Å². The van der Waals surface area contributed by atoms with Crippen LogP contribution in [0.3, 0.4) is 0 Å². The topological polar surface area (TPSA) is 0 Å². The Morgan fingerprint density at radius 1 is 1.18 bits per heavy atom. The molecule has 0 N–H and O–H groups in total. The number of hydrogen-bond acceptors (Lipinski definition) is 2. The van der Waals surface area contributed by atoms with Gasteiger partial charge in [-0.25, -0.2) is 0 Å². The number of benzene rings is 1. The third kappa shape index (κ3) is 2.32. The van der Waals surface area contributed by atoms with Gasteiger partial charge < -0.3 is 0 Å². The molecule has 0 amide bonds. The third-order valence-corrected chi connectivity index (χ3v) is 3.30. The molecule has 0 heterocycles. The van der Waals surface area contributed by atoms with Crippen molar-refractivity contribution in [2.24, 2.45) is 0 Å². The number of thioether (sulfide) groups is 2. The Morgan fingerprint density at radius 3 is 2.36 bits per heavy atom. The zero-order chi connectivity index (χ0) is 8.27. The van der Waals surface area contributed by atoms with Gasteiger partial charge in [0.15, 0.2) is 0 Å². The first-order valence-corrected chi connectivity index (χ1v) is 5.98. The van der Waals surface area contributed by atoms with E-state index in [9.17, 15) is 0 Å². The second kappa shape index (κ2) is 4.29. The van der Waals surface area contributed by atoms with Gasteiger partial charge in [0.1, 0.15) is 0 Å². The molecule has 0 unspecified atom stereocenters. The maximum absolute atomic E-state index is 5.97. The van der Waals surface area contributed by atoms with Crippen molar-refractivity contribution in [1.29, 1.82) is 0 Å². The maximum Gasteiger partial charge on any atom is 0.0552 e. The van der Waals surface area contributed by atoms with Crippen LogP contribution in [0.2, 0.25) is 5.02 Å². The van der Waals surface area contributed by atoms with Crippen molar-refractivity contribution in [3.05, 3.63) is 23.2 Å². The molecule has 0 spiro atoms. The molecule has 0 aliphatic heterocycles. The minimum Gasteiger partial charge on any atom is -0.130 e. The van der Waals surface area contributed by atoms with Gasteiger partial charge in [0, 0.05) is 9.79 Å². The molecule has 0 saturated heterocycles. The van der Waals surface area contributed by atoms with Gasteiger partial charge in [-0.15, -0.1) is 23.5 Å². The largest absolute Gasteiger partial charge is 0.130 e. The summed E-state index contributed by atoms with van der Waals surface area (Å²) in [5, 5.41) is 0.851. The van der Waals surface area contributed by atoms with E-state index in [1.165, 1.54) is 4.90 Å². The van der Waals surface area contributed by atoms with Gasteiger partial charge in [-0.2, -0.15) is 0 Å². The Labute approximate surface area is 80.7 Å². The minimum absolute atomic E-state index is 0.851. The predicted molar refractivity (Wildman–Crippen MR) is 55.0 cm³/mol. The first kappa shape index (κ1) is 9.30. The average Bonchev–Trinajstić information content (AvgIpc) is 2.04. The van der Waals surface area contributed by atoms with E-state index < -0.39 is 0 Å². The number of halogens is 1. The zero-order valence-corrected chi connectivity index (χ0v) is 8.82. The highest BCUT2D eigenvalue weighted by Crippen LogP contribution is 2.28. The summed E-state index contributed by atoms with van der Waals surface area (Å²) >= 11 is 9.36. The first-order valence-electron chi connectivity index (χ1n) is 3.15. The lowest BCUT2D eigenvalue weighted by Gasteiger charge is -2.01. The molecule has 0 nitrogen and oxygen atoms in total. The molecular weight excluding hydrogens is 196 g/mol. The monoisotopic (exact) mass is 204 g/mol. The van der Waals surface area contributed by atoms with Crippen LogP contribution in [0, 0.1) is 0 Å². The molecule has 0 saturated carbocycles. The Balaban J connectivity index is 2.99. The van der Waals surface area contributed by atoms with Gasteiger partial charge in [-0.1, -0.05) is 11.6 Å². The molecular formula is C8H9ClS2. The summed E-state index contributed by atoms with van der Waals surface area (Å²) in [5.74, 6) is 0. The van der Waals surface area contributed by atoms with Crippen LogP contribution in [0.1, 0.15) is 0 Å². The SMILES string of the molecule is CSc1ccc(SC)c(Cl)c1. The van der Waals surface area contributed by atoms with Crippen molar-refractivity contribution in [3.8, 4) is 0 Å². The van der Waals surface area contributed by atoms with Crippen LogP contribution in [-0.2, 0) is 0 Å². The Morgan fingerprint density at radius 2 is 1.91 bits per heavy atom. The van der Waals surface area contributed by atoms with Crippen molar-refractivity contribution in [2.75, 3.05) is 12.5 Å². The highest BCUT2D eigenvalue weighted by Gasteiger charge is 1.98. The molecule has 0 aliphatic carbocycles. The lowest BCUT2D eigenvalue weighted by Crippen LogP contribution is -1.74. The molecule has 1 rings (SSSR count). The van der Waals surface area contributed by atoms with Gasteiger partial charge in [0.25, 0.3) is 0 Å². The van der Waals surface area contributed by atoms with Gasteiger partial charge in [-0.3, -0.25) is 0 Å². The van der Waals surface area contributed by atoms with E-state index in [4.69, 9.17) is 11.6 Å². The summed E-state index contributed by atoms with van der Waals surface area (Å²) in [4.78, 5) is 2.36. The van der Waals surface area contributed by atoms with Crippen LogP contribution in [0.15, 0.2) is 28.0 Å². The van der Waals surface area contributed by atoms with Crippen LogP contribution in [0.5, 0.6) is 0 Å². The number of hydrogen-bond donors (Lipinski definition) is 0. The van der Waals surface area contributed by atoms with Crippen LogP contribution in [-0.4, -0.2) is 12.5 Å². The lowest BCUT2D eigenvalue weighted by molar-refractivity contribution is 1.36. The molecule has 0 fully saturated rings. The summed E-state index contributed by atoms with van der Waals surface area (Å²) in [6, 6.07) is 6.14. The summed E-state index contributed by atoms with van der Waals surface area (Å²) in [6.45, 7) is 0. The average molecular weight is 205 g/mol. The molecule has 0 radical (unpaired) electrons. The van der Waals surface area contributed by atoms with E-state index in [1.807, 2.05) is 18.6 Å². The van der Waals surface area contributed by atoms with E-state index in [0.717, 1.165) is 9.92 Å². The minimum atomic E-state index is 0.851. The lowest BCUT2D eigenvalue weighted by atomic mass is 10.4. The first-order chi connectivity index (χ1) is 5.27. The van der Waals surface area contributed by atoms with Crippen molar-refractivity contribution in [1.82, 2.24) is 0 Å². The quantitative estimate of drug-likeness (QED) is 0.673. The summed E-state index contributed by atoms with van der Waals surface area (Å²) in [6.07, 6.45) is 4.07. The second-order valence-electron chi connectivity index (χ2n) is 2.00. The molecule has 60 valence electrons. The van der Waals surface area contributed by atoms with E-state index >= 15 is 0 Å². The van der Waals surface area contributed by atoms with Crippen LogP contribution < -0.4 is 0 Å². The normalized spacial score (nSPS) is 10.1. The smallest absolute Gasteiger partial charge is 0.0552 e. The molecule has 1 aromatic carbocycles. The highest BCUT2D eigenvalue weighted by molar-refractivity contribution is 7.99. The van der Waals surface area contributed by atoms with Gasteiger partial charge in [0.05, 0.1) is 5.02 Å². The third-order valence-electron chi connectivity index (χ3n) is 1.36. The van der Waals surface area contributed by atoms with Crippen LogP contribution >= 0.6 is 35.1 Å². The summed E-state index contributed by atoms with van der Waals surface area (Å²) in [5.41, 5.74) is 0. The van der Waals surface area contributed by atoms with E-state index in [0.29, 0.717) is 0 Å². The fourth-order valence-electron chi connectivity index (χ4n) is 0.774. The Kier molecular flexibility index (Phi) is 3.63. The highest BCUT2D eigenvalue weighted by atomic mass is 35.5. The second-order valence-corrected chi connectivity index (χ2v) is 4.14. The Hall–Kier alpha value is 0.210. The molecule has 0 atom stereocenters. The molecule has 11 heavy (non-hydrogen) atoms. The van der Waals surface area contributed by atoms with Crippen LogP contribution in [0.25, 0.3) is 0 Å². The molecule has 3 heteroatoms. The molecule has 1 aromatic rings. The van der Waals surface area contributed by atoms with Crippen LogP contribution in [0.4, 0.5) is 0 Å². The summed E-state index contributed by atoms with van der Waals surface area (Å²) in [7, 11) is 0. The summed E-state index contributed by atoms with van der Waals surface area (Å²) < 4.78 is 0. The molecule has 0 aliphatic rings. The van der Waals surface area contributed by atoms with Gasteiger partial charge in [0.2, 0.25) is 0 Å². The van der Waals surface area contributed by atoms with E-state index in [-0.39, 0.29) is 0 Å².